The Bertz CT molecular complexity index is 1150. The molecule has 0 saturated carbocycles. The van der Waals surface area contributed by atoms with E-state index in [2.05, 4.69) is 20.4 Å². The Balaban J connectivity index is 1.82. The number of hydrogen-bond acceptors (Lipinski definition) is 6. The fourth-order valence-electron chi connectivity index (χ4n) is 2.65. The van der Waals surface area contributed by atoms with Crippen molar-refractivity contribution in [1.82, 2.24) is 19.7 Å². The smallest absolute Gasteiger partial charge is 0.321 e. The molecule has 31 heavy (non-hydrogen) atoms. The maximum Gasteiger partial charge on any atom is 0.408 e. The Kier molecular flexibility index (Phi) is 6.24. The van der Waals surface area contributed by atoms with Crippen molar-refractivity contribution in [3.63, 3.8) is 0 Å². The third-order valence-electron chi connectivity index (χ3n) is 3.98. The van der Waals surface area contributed by atoms with Crippen molar-refractivity contribution < 1.29 is 26.7 Å². The highest BCUT2D eigenvalue weighted by Gasteiger charge is 2.28. The van der Waals surface area contributed by atoms with Crippen LogP contribution in [0, 0.1) is 23.0 Å². The third-order valence-corrected chi connectivity index (χ3v) is 3.98. The van der Waals surface area contributed by atoms with Crippen LogP contribution in [0.4, 0.5) is 33.6 Å². The van der Waals surface area contributed by atoms with E-state index in [-0.39, 0.29) is 41.3 Å². The summed E-state index contributed by atoms with van der Waals surface area (Å²) in [5, 5.41) is 14.7. The summed E-state index contributed by atoms with van der Waals surface area (Å²) in [7, 11) is 0. The van der Waals surface area contributed by atoms with Crippen LogP contribution in [-0.2, 0) is 6.54 Å². The zero-order valence-corrected chi connectivity index (χ0v) is 15.6. The van der Waals surface area contributed by atoms with Gasteiger partial charge in [0.05, 0.1) is 29.7 Å². The molecule has 0 aliphatic carbocycles. The average molecular weight is 436 g/mol. The topological polar surface area (TPSA) is 96.5 Å². The van der Waals surface area contributed by atoms with Crippen molar-refractivity contribution >= 4 is 17.4 Å². The Morgan fingerprint density at radius 1 is 1.19 bits per heavy atom. The van der Waals surface area contributed by atoms with E-state index in [9.17, 15) is 26.7 Å². The number of ketones is 1. The summed E-state index contributed by atoms with van der Waals surface area (Å²) in [5.41, 5.74) is -0.365. The first-order valence-corrected chi connectivity index (χ1v) is 8.75. The molecule has 0 spiro atoms. The molecule has 0 fully saturated rings. The van der Waals surface area contributed by atoms with Gasteiger partial charge in [-0.2, -0.15) is 23.5 Å². The number of halogens is 5. The van der Waals surface area contributed by atoms with Crippen LogP contribution in [0.15, 0.2) is 36.8 Å². The number of rotatable bonds is 7. The average Bonchev–Trinajstić information content (AvgIpc) is 3.12. The maximum absolute atomic E-state index is 14.3. The first-order chi connectivity index (χ1) is 14.7. The van der Waals surface area contributed by atoms with E-state index in [0.29, 0.717) is 4.68 Å². The minimum atomic E-state index is -4.45. The summed E-state index contributed by atoms with van der Waals surface area (Å²) in [6, 6.07) is 5.18. The van der Waals surface area contributed by atoms with E-state index < -0.39 is 30.1 Å². The highest BCUT2D eigenvalue weighted by molar-refractivity contribution is 5.96. The van der Waals surface area contributed by atoms with Crippen LogP contribution in [-0.4, -0.2) is 31.7 Å². The van der Waals surface area contributed by atoms with Crippen molar-refractivity contribution in [1.29, 1.82) is 5.26 Å². The van der Waals surface area contributed by atoms with Crippen LogP contribution in [0.3, 0.4) is 0 Å². The Morgan fingerprint density at radius 3 is 2.65 bits per heavy atom. The lowest BCUT2D eigenvalue weighted by Crippen LogP contribution is -2.17. The molecule has 3 aromatic rings. The quantitative estimate of drug-likeness (QED) is 0.435. The van der Waals surface area contributed by atoms with Gasteiger partial charge in [0.1, 0.15) is 18.1 Å². The second-order valence-corrected chi connectivity index (χ2v) is 6.33. The molecule has 0 aliphatic heterocycles. The van der Waals surface area contributed by atoms with Gasteiger partial charge >= 0.3 is 6.18 Å². The second kappa shape index (κ2) is 8.86. The lowest BCUT2D eigenvalue weighted by molar-refractivity contribution is -0.142. The molecule has 0 amide bonds. The van der Waals surface area contributed by atoms with Crippen molar-refractivity contribution in [3.8, 4) is 17.3 Å². The van der Waals surface area contributed by atoms with Crippen molar-refractivity contribution in [2.45, 2.75) is 25.6 Å². The van der Waals surface area contributed by atoms with Gasteiger partial charge in [0.15, 0.2) is 11.6 Å². The van der Waals surface area contributed by atoms with E-state index in [1.807, 2.05) is 0 Å². The number of anilines is 2. The number of alkyl halides is 3. The van der Waals surface area contributed by atoms with Crippen molar-refractivity contribution in [3.05, 3.63) is 54.0 Å². The summed E-state index contributed by atoms with van der Waals surface area (Å²) < 4.78 is 66.5. The van der Waals surface area contributed by atoms with Gasteiger partial charge in [-0.15, -0.1) is 0 Å². The minimum absolute atomic E-state index is 0.0186. The number of aromatic nitrogens is 4. The highest BCUT2D eigenvalue weighted by Crippen LogP contribution is 2.25. The SMILES string of the molecule is N#CCCC(=O)c1ccc(-c2nc(Nc3cnn(CC(F)(F)F)c3)ncc2F)cc1F. The summed E-state index contributed by atoms with van der Waals surface area (Å²) in [4.78, 5) is 19.6. The molecule has 7 nitrogen and oxygen atoms in total. The third kappa shape index (κ3) is 5.59. The molecule has 0 saturated heterocycles. The zero-order valence-electron chi connectivity index (χ0n) is 15.6. The number of carbonyl (C=O) groups excluding carboxylic acids is 1. The van der Waals surface area contributed by atoms with Crippen LogP contribution in [0.25, 0.3) is 11.3 Å². The van der Waals surface area contributed by atoms with Crippen LogP contribution in [0.2, 0.25) is 0 Å². The predicted molar refractivity (Wildman–Crippen MR) is 98.1 cm³/mol. The largest absolute Gasteiger partial charge is 0.408 e. The summed E-state index contributed by atoms with van der Waals surface area (Å²) in [5.74, 6) is -2.49. The first kappa shape index (κ1) is 21.8. The second-order valence-electron chi connectivity index (χ2n) is 6.33. The monoisotopic (exact) mass is 436 g/mol. The lowest BCUT2D eigenvalue weighted by Gasteiger charge is -2.08. The number of hydrogen-bond donors (Lipinski definition) is 1. The van der Waals surface area contributed by atoms with Crippen molar-refractivity contribution in [2.75, 3.05) is 5.32 Å². The molecule has 2 aromatic heterocycles. The van der Waals surface area contributed by atoms with Gasteiger partial charge in [-0.3, -0.25) is 9.48 Å². The fraction of sp³-hybridized carbons (Fsp3) is 0.211. The summed E-state index contributed by atoms with van der Waals surface area (Å²) >= 11 is 0. The predicted octanol–water partition coefficient (Wildman–Crippen LogP) is 4.41. The van der Waals surface area contributed by atoms with E-state index in [1.54, 1.807) is 6.07 Å². The van der Waals surface area contributed by atoms with Crippen LogP contribution < -0.4 is 5.32 Å². The summed E-state index contributed by atoms with van der Waals surface area (Å²) in [6.45, 7) is -1.29. The standard InChI is InChI=1S/C19H13F5N6O/c20-14-6-11(3-4-13(14)16(31)2-1-5-25)17-15(21)8-26-18(29-17)28-12-7-27-30(9-12)10-19(22,23)24/h3-4,6-9H,1-2,10H2,(H,26,28,29). The van der Waals surface area contributed by atoms with E-state index in [0.717, 1.165) is 24.7 Å². The van der Waals surface area contributed by atoms with Gasteiger partial charge in [0.2, 0.25) is 5.95 Å². The molecule has 1 N–H and O–H groups in total. The molecule has 2 heterocycles. The highest BCUT2D eigenvalue weighted by atomic mass is 19.4. The number of Topliss-reactive ketones (excluding diaryl/α,β-unsaturated/α-hetero) is 1. The summed E-state index contributed by atoms with van der Waals surface area (Å²) in [6.07, 6.45) is -1.66. The van der Waals surface area contributed by atoms with Gasteiger partial charge in [-0.1, -0.05) is 6.07 Å². The van der Waals surface area contributed by atoms with Crippen LogP contribution >= 0.6 is 0 Å². The van der Waals surface area contributed by atoms with Gasteiger partial charge in [0, 0.05) is 24.6 Å². The molecule has 0 bridgehead atoms. The van der Waals surface area contributed by atoms with E-state index >= 15 is 0 Å². The number of nitriles is 1. The fourth-order valence-corrected chi connectivity index (χ4v) is 2.65. The van der Waals surface area contributed by atoms with Gasteiger partial charge < -0.3 is 5.32 Å². The van der Waals surface area contributed by atoms with Gasteiger partial charge in [-0.05, 0) is 12.1 Å². The molecule has 12 heteroatoms. The molecule has 0 radical (unpaired) electrons. The Labute approximate surface area is 172 Å². The first-order valence-electron chi connectivity index (χ1n) is 8.75. The maximum atomic E-state index is 14.3. The van der Waals surface area contributed by atoms with E-state index in [4.69, 9.17) is 5.26 Å². The number of benzene rings is 1. The molecule has 1 aromatic carbocycles. The molecular weight excluding hydrogens is 423 g/mol. The molecule has 160 valence electrons. The molecular formula is C19H13F5N6O. The molecule has 0 aliphatic rings. The Morgan fingerprint density at radius 2 is 1.97 bits per heavy atom. The van der Waals surface area contributed by atoms with Gasteiger partial charge in [0.25, 0.3) is 0 Å². The van der Waals surface area contributed by atoms with E-state index in [1.165, 1.54) is 12.1 Å². The molecule has 3 rings (SSSR count). The zero-order chi connectivity index (χ0) is 22.6. The minimum Gasteiger partial charge on any atom is -0.321 e. The van der Waals surface area contributed by atoms with Crippen LogP contribution in [0.1, 0.15) is 23.2 Å². The van der Waals surface area contributed by atoms with Gasteiger partial charge in [-0.25, -0.2) is 18.7 Å². The van der Waals surface area contributed by atoms with Crippen molar-refractivity contribution in [2.24, 2.45) is 0 Å². The number of nitrogens with zero attached hydrogens (tertiary/aromatic N) is 5. The molecule has 0 atom stereocenters. The molecule has 0 unspecified atom stereocenters. The van der Waals surface area contributed by atoms with Crippen LogP contribution in [0.5, 0.6) is 0 Å². The normalized spacial score (nSPS) is 11.2. The number of nitrogens with one attached hydrogen (secondary N) is 1. The Hall–Kier alpha value is -3.88. The lowest BCUT2D eigenvalue weighted by atomic mass is 10.0. The number of carbonyl (C=O) groups is 1.